The summed E-state index contributed by atoms with van der Waals surface area (Å²) in [5.74, 6) is -0.371. The van der Waals surface area contributed by atoms with Crippen LogP contribution in [0, 0.1) is 6.92 Å². The van der Waals surface area contributed by atoms with E-state index in [2.05, 4.69) is 51.4 Å². The van der Waals surface area contributed by atoms with Gasteiger partial charge in [-0.15, -0.1) is 11.3 Å². The number of aromatic nitrogens is 1. The summed E-state index contributed by atoms with van der Waals surface area (Å²) in [5.41, 5.74) is 3.34. The highest BCUT2D eigenvalue weighted by molar-refractivity contribution is 9.10. The van der Waals surface area contributed by atoms with E-state index in [1.165, 1.54) is 39.1 Å². The Hall–Kier alpha value is -2.33. The Morgan fingerprint density at radius 3 is 2.85 bits per heavy atom. The molecule has 168 valence electrons. The third kappa shape index (κ3) is 6.38. The second-order valence-electron chi connectivity index (χ2n) is 7.48. The maximum atomic E-state index is 12.8. The van der Waals surface area contributed by atoms with Gasteiger partial charge in [0.1, 0.15) is 4.32 Å². The van der Waals surface area contributed by atoms with E-state index in [0.29, 0.717) is 14.4 Å². The second kappa shape index (κ2) is 10.7. The number of thiocarbonyl (C=S) groups is 1. The molecule has 0 aliphatic carbocycles. The number of amides is 2. The van der Waals surface area contributed by atoms with Gasteiger partial charge in [0.15, 0.2) is 5.13 Å². The molecule has 0 spiro atoms. The van der Waals surface area contributed by atoms with E-state index in [0.717, 1.165) is 21.3 Å². The number of hydrogen-bond acceptors (Lipinski definition) is 6. The Morgan fingerprint density at radius 1 is 1.24 bits per heavy atom. The standard InChI is InChI=1S/C24H20BrN3O2S3/c1-15-4-2-5-16(10-15)12-19-14-26-23(32-19)27-21(29)8-9-28-22(30)20(33-24(28)31)13-17-6-3-7-18(25)11-17/h2-7,10-11,13-14H,8-9,12H2,1H3,(H,26,27,29)/b20-13-. The number of nitrogens with zero attached hydrogens (tertiary/aromatic N) is 2. The average Bonchev–Trinajstić information content (AvgIpc) is 3.30. The van der Waals surface area contributed by atoms with Crippen LogP contribution in [0.15, 0.2) is 64.1 Å². The molecule has 0 radical (unpaired) electrons. The van der Waals surface area contributed by atoms with E-state index in [-0.39, 0.29) is 24.8 Å². The van der Waals surface area contributed by atoms with Gasteiger partial charge in [-0.05, 0) is 36.3 Å². The third-order valence-electron chi connectivity index (χ3n) is 4.84. The number of hydrogen-bond donors (Lipinski definition) is 1. The lowest BCUT2D eigenvalue weighted by Crippen LogP contribution is -2.31. The van der Waals surface area contributed by atoms with Crippen molar-refractivity contribution in [2.75, 3.05) is 11.9 Å². The van der Waals surface area contributed by atoms with Gasteiger partial charge in [-0.2, -0.15) is 0 Å². The summed E-state index contributed by atoms with van der Waals surface area (Å²) in [5, 5.41) is 3.39. The maximum absolute atomic E-state index is 12.8. The molecule has 2 amide bonds. The van der Waals surface area contributed by atoms with E-state index in [9.17, 15) is 9.59 Å². The molecule has 1 fully saturated rings. The fourth-order valence-corrected chi connectivity index (χ4v) is 5.89. The molecule has 0 saturated carbocycles. The predicted molar refractivity (Wildman–Crippen MR) is 143 cm³/mol. The van der Waals surface area contributed by atoms with E-state index in [1.54, 1.807) is 6.20 Å². The zero-order valence-corrected chi connectivity index (χ0v) is 21.7. The molecule has 0 unspecified atom stereocenters. The SMILES string of the molecule is Cc1cccc(Cc2cnc(NC(=O)CCN3C(=O)/C(=C/c4cccc(Br)c4)SC3=S)s2)c1. The van der Waals surface area contributed by atoms with E-state index < -0.39 is 0 Å². The number of halogens is 1. The first-order chi connectivity index (χ1) is 15.9. The molecule has 1 N–H and O–H groups in total. The minimum atomic E-state index is -0.198. The summed E-state index contributed by atoms with van der Waals surface area (Å²) in [4.78, 5) is 32.6. The number of nitrogens with one attached hydrogen (secondary N) is 1. The number of benzene rings is 2. The summed E-state index contributed by atoms with van der Waals surface area (Å²) in [7, 11) is 0. The first kappa shape index (κ1) is 23.8. The molecular formula is C24H20BrN3O2S3. The fraction of sp³-hybridized carbons (Fsp3) is 0.167. The van der Waals surface area contributed by atoms with Gasteiger partial charge in [-0.25, -0.2) is 4.98 Å². The topological polar surface area (TPSA) is 62.3 Å². The number of thiazole rings is 1. The summed E-state index contributed by atoms with van der Waals surface area (Å²) >= 11 is 11.5. The Labute approximate surface area is 214 Å². The molecule has 9 heteroatoms. The third-order valence-corrected chi connectivity index (χ3v) is 7.63. The van der Waals surface area contributed by atoms with Crippen LogP contribution in [-0.4, -0.2) is 32.6 Å². The van der Waals surface area contributed by atoms with Crippen LogP contribution in [-0.2, 0) is 16.0 Å². The normalized spacial score (nSPS) is 14.8. The number of anilines is 1. The Balaban J connectivity index is 1.31. The summed E-state index contributed by atoms with van der Waals surface area (Å²) in [6.07, 6.45) is 4.52. The molecule has 2 heterocycles. The number of rotatable bonds is 7. The monoisotopic (exact) mass is 557 g/mol. The minimum Gasteiger partial charge on any atom is -0.302 e. The van der Waals surface area contributed by atoms with Gasteiger partial charge in [0.2, 0.25) is 5.91 Å². The molecule has 1 aliphatic rings. The summed E-state index contributed by atoms with van der Waals surface area (Å²) < 4.78 is 1.40. The lowest BCUT2D eigenvalue weighted by atomic mass is 10.1. The zero-order valence-electron chi connectivity index (χ0n) is 17.7. The van der Waals surface area contributed by atoms with Crippen molar-refractivity contribution >= 4 is 78.6 Å². The van der Waals surface area contributed by atoms with Crippen LogP contribution in [0.5, 0.6) is 0 Å². The van der Waals surface area contributed by atoms with Crippen LogP contribution in [0.1, 0.15) is 28.0 Å². The Bertz CT molecular complexity index is 1260. The van der Waals surface area contributed by atoms with Crippen LogP contribution in [0.2, 0.25) is 0 Å². The van der Waals surface area contributed by atoms with Gasteiger partial charge in [0, 0.05) is 34.9 Å². The highest BCUT2D eigenvalue weighted by atomic mass is 79.9. The van der Waals surface area contributed by atoms with Crippen molar-refractivity contribution in [1.82, 2.24) is 9.88 Å². The molecule has 1 saturated heterocycles. The van der Waals surface area contributed by atoms with Crippen molar-refractivity contribution in [3.63, 3.8) is 0 Å². The number of aryl methyl sites for hydroxylation is 1. The first-order valence-corrected chi connectivity index (χ1v) is 13.0. The van der Waals surface area contributed by atoms with Crippen LogP contribution in [0.4, 0.5) is 5.13 Å². The van der Waals surface area contributed by atoms with Crippen LogP contribution in [0.25, 0.3) is 6.08 Å². The minimum absolute atomic E-state index is 0.142. The van der Waals surface area contributed by atoms with Crippen molar-refractivity contribution in [2.45, 2.75) is 19.8 Å². The predicted octanol–water partition coefficient (Wildman–Crippen LogP) is 6.03. The van der Waals surface area contributed by atoms with Crippen molar-refractivity contribution in [3.8, 4) is 0 Å². The molecule has 0 atom stereocenters. The van der Waals surface area contributed by atoms with Crippen molar-refractivity contribution in [3.05, 3.63) is 85.7 Å². The van der Waals surface area contributed by atoms with Gasteiger partial charge in [0.05, 0.1) is 4.91 Å². The molecule has 4 rings (SSSR count). The fourth-order valence-electron chi connectivity index (χ4n) is 3.31. The van der Waals surface area contributed by atoms with Gasteiger partial charge in [0.25, 0.3) is 5.91 Å². The zero-order chi connectivity index (χ0) is 23.4. The molecule has 1 aliphatic heterocycles. The summed E-state index contributed by atoms with van der Waals surface area (Å²) in [6.45, 7) is 2.30. The highest BCUT2D eigenvalue weighted by Gasteiger charge is 2.32. The van der Waals surface area contributed by atoms with Crippen molar-refractivity contribution in [2.24, 2.45) is 0 Å². The number of thioether (sulfide) groups is 1. The second-order valence-corrected chi connectivity index (χ2v) is 11.2. The van der Waals surface area contributed by atoms with Crippen molar-refractivity contribution in [1.29, 1.82) is 0 Å². The average molecular weight is 559 g/mol. The number of carbonyl (C=O) groups excluding carboxylic acids is 2. The van der Waals surface area contributed by atoms with Crippen LogP contribution in [0.3, 0.4) is 0 Å². The van der Waals surface area contributed by atoms with Crippen LogP contribution >= 0.6 is 51.2 Å². The highest BCUT2D eigenvalue weighted by Crippen LogP contribution is 2.33. The van der Waals surface area contributed by atoms with E-state index in [1.807, 2.05) is 36.4 Å². The molecule has 1 aromatic heterocycles. The van der Waals surface area contributed by atoms with Gasteiger partial charge >= 0.3 is 0 Å². The van der Waals surface area contributed by atoms with Crippen molar-refractivity contribution < 1.29 is 9.59 Å². The first-order valence-electron chi connectivity index (χ1n) is 10.2. The number of carbonyl (C=O) groups is 2. The maximum Gasteiger partial charge on any atom is 0.266 e. The molecule has 5 nitrogen and oxygen atoms in total. The molecular weight excluding hydrogens is 538 g/mol. The Morgan fingerprint density at radius 2 is 2.06 bits per heavy atom. The lowest BCUT2D eigenvalue weighted by Gasteiger charge is -2.13. The molecule has 2 aromatic carbocycles. The Kier molecular flexibility index (Phi) is 7.75. The van der Waals surface area contributed by atoms with E-state index >= 15 is 0 Å². The quantitative estimate of drug-likeness (QED) is 0.283. The van der Waals surface area contributed by atoms with Gasteiger partial charge in [-0.3, -0.25) is 14.5 Å². The molecule has 3 aromatic rings. The largest absolute Gasteiger partial charge is 0.302 e. The molecule has 0 bridgehead atoms. The van der Waals surface area contributed by atoms with Crippen LogP contribution < -0.4 is 5.32 Å². The van der Waals surface area contributed by atoms with Gasteiger partial charge < -0.3 is 5.32 Å². The van der Waals surface area contributed by atoms with E-state index in [4.69, 9.17) is 12.2 Å². The lowest BCUT2D eigenvalue weighted by molar-refractivity contribution is -0.122. The summed E-state index contributed by atoms with van der Waals surface area (Å²) in [6, 6.07) is 16.0. The molecule has 33 heavy (non-hydrogen) atoms. The van der Waals surface area contributed by atoms with Gasteiger partial charge in [-0.1, -0.05) is 81.9 Å². The smallest absolute Gasteiger partial charge is 0.266 e.